The molecule has 2 amide bonds. The first-order valence-electron chi connectivity index (χ1n) is 20.0. The molecule has 9 nitrogen and oxygen atoms in total. The minimum Gasteiger partial charge on any atom is -0.485 e. The van der Waals surface area contributed by atoms with E-state index in [0.29, 0.717) is 42.8 Å². The highest BCUT2D eigenvalue weighted by molar-refractivity contribution is 7.80. The van der Waals surface area contributed by atoms with Crippen molar-refractivity contribution in [1.29, 1.82) is 0 Å². The largest absolute Gasteiger partial charge is 0.485 e. The zero-order valence-electron chi connectivity index (χ0n) is 32.5. The van der Waals surface area contributed by atoms with E-state index >= 15 is 0 Å². The smallest absolute Gasteiger partial charge is 0.291 e. The first kappa shape index (κ1) is 43.2. The van der Waals surface area contributed by atoms with Crippen molar-refractivity contribution in [3.05, 3.63) is 66.0 Å². The molecule has 1 aromatic heterocycles. The van der Waals surface area contributed by atoms with E-state index in [4.69, 9.17) is 33.9 Å². The third-order valence-electron chi connectivity index (χ3n) is 11.0. The van der Waals surface area contributed by atoms with Crippen LogP contribution in [0.25, 0.3) is 0 Å². The monoisotopic (exact) mass is 777 g/mol. The first-order valence-corrected chi connectivity index (χ1v) is 20.8. The lowest BCUT2D eigenvalue weighted by Crippen LogP contribution is -2.47. The average Bonchev–Trinajstić information content (AvgIpc) is 3.91. The van der Waals surface area contributed by atoms with Gasteiger partial charge in [0.15, 0.2) is 10.1 Å². The second-order valence-corrected chi connectivity index (χ2v) is 16.1. The maximum Gasteiger partial charge on any atom is 0.291 e. The molecule has 0 N–H and O–H groups in total. The van der Waals surface area contributed by atoms with Gasteiger partial charge < -0.3 is 19.3 Å². The molecule has 0 bridgehead atoms. The van der Waals surface area contributed by atoms with E-state index in [1.165, 1.54) is 17.5 Å². The number of hydrogen-bond donors (Lipinski definition) is 0. The number of thiocarbonyl (C=S) groups is 2. The Kier molecular flexibility index (Phi) is 17.7. The second kappa shape index (κ2) is 22.1. The minimum absolute atomic E-state index is 0.0959. The van der Waals surface area contributed by atoms with Gasteiger partial charge in [0.2, 0.25) is 11.6 Å². The molecule has 3 fully saturated rings. The van der Waals surface area contributed by atoms with Gasteiger partial charge in [0.1, 0.15) is 12.1 Å². The van der Waals surface area contributed by atoms with Crippen molar-refractivity contribution >= 4 is 57.9 Å². The molecule has 0 unspecified atom stereocenters. The summed E-state index contributed by atoms with van der Waals surface area (Å²) in [7, 11) is 0. The number of nitrogens with zero attached hydrogens (tertiary/aromatic N) is 3. The number of likely N-dealkylation sites (tertiary alicyclic amines) is 2. The number of Topliss-reactive ketones (excluding diaryl/α,β-unsaturated/α-hetero) is 2. The lowest BCUT2D eigenvalue weighted by molar-refractivity contribution is -0.149. The molecule has 0 spiro atoms. The number of pyridine rings is 1. The van der Waals surface area contributed by atoms with Crippen LogP contribution in [0.3, 0.4) is 0 Å². The zero-order valence-corrected chi connectivity index (χ0v) is 34.1. The quantitative estimate of drug-likeness (QED) is 0.0958. The predicted molar refractivity (Wildman–Crippen MR) is 219 cm³/mol. The Morgan fingerprint density at radius 1 is 0.722 bits per heavy atom. The summed E-state index contributed by atoms with van der Waals surface area (Å²) in [4.78, 5) is 57.9. The third-order valence-corrected chi connectivity index (χ3v) is 11.8. The lowest BCUT2D eigenvalue weighted by atomic mass is 9.84. The highest BCUT2D eigenvalue weighted by atomic mass is 32.1. The normalized spacial score (nSPS) is 18.7. The van der Waals surface area contributed by atoms with Gasteiger partial charge in [-0.15, -0.1) is 0 Å². The van der Waals surface area contributed by atoms with Crippen LogP contribution in [-0.2, 0) is 41.5 Å². The molecule has 1 saturated carbocycles. The molecular weight excluding hydrogens is 719 g/mol. The van der Waals surface area contributed by atoms with Crippen molar-refractivity contribution in [2.24, 2.45) is 11.3 Å². The number of rotatable bonds is 16. The Bertz CT molecular complexity index is 1550. The van der Waals surface area contributed by atoms with E-state index in [2.05, 4.69) is 17.1 Å². The van der Waals surface area contributed by atoms with Gasteiger partial charge in [0.25, 0.3) is 11.8 Å². The van der Waals surface area contributed by atoms with Crippen LogP contribution in [0.5, 0.6) is 0 Å². The molecule has 11 heteroatoms. The third kappa shape index (κ3) is 12.8. The molecule has 1 aromatic carbocycles. The van der Waals surface area contributed by atoms with Crippen LogP contribution < -0.4 is 0 Å². The Labute approximate surface area is 332 Å². The predicted octanol–water partition coefficient (Wildman–Crippen LogP) is 7.85. The van der Waals surface area contributed by atoms with E-state index in [1.807, 2.05) is 57.3 Å². The first-order chi connectivity index (χ1) is 26.0. The molecule has 3 aliphatic rings. The molecule has 294 valence electrons. The number of aryl methyl sites for hydroxylation is 2. The van der Waals surface area contributed by atoms with Crippen molar-refractivity contribution in [3.63, 3.8) is 0 Å². The van der Waals surface area contributed by atoms with Crippen LogP contribution in [0.15, 0.2) is 54.9 Å². The van der Waals surface area contributed by atoms with Gasteiger partial charge in [-0.25, -0.2) is 0 Å². The minimum atomic E-state index is -0.635. The van der Waals surface area contributed by atoms with Gasteiger partial charge in [-0.3, -0.25) is 24.2 Å². The van der Waals surface area contributed by atoms with E-state index in [9.17, 15) is 19.2 Å². The number of amides is 2. The molecular formula is C43H59N3O6S2. The van der Waals surface area contributed by atoms with Crippen molar-refractivity contribution in [2.45, 2.75) is 129 Å². The van der Waals surface area contributed by atoms with Crippen LogP contribution in [0.1, 0.15) is 115 Å². The van der Waals surface area contributed by atoms with Gasteiger partial charge in [-0.2, -0.15) is 0 Å². The molecule has 54 heavy (non-hydrogen) atoms. The van der Waals surface area contributed by atoms with Crippen LogP contribution in [0.2, 0.25) is 0 Å². The highest BCUT2D eigenvalue weighted by Gasteiger charge is 2.41. The van der Waals surface area contributed by atoms with Crippen molar-refractivity contribution in [3.8, 4) is 0 Å². The molecule has 2 saturated heterocycles. The van der Waals surface area contributed by atoms with E-state index in [-0.39, 0.29) is 35.5 Å². The average molecular weight is 778 g/mol. The van der Waals surface area contributed by atoms with E-state index in [1.54, 1.807) is 16.0 Å². The number of carbonyl (C=O) groups is 4. The van der Waals surface area contributed by atoms with Gasteiger partial charge >= 0.3 is 0 Å². The number of carbonyl (C=O) groups excluding carboxylic acids is 4. The number of benzene rings is 1. The summed E-state index contributed by atoms with van der Waals surface area (Å²) in [5.74, 6) is -1.42. The molecule has 3 heterocycles. The zero-order chi connectivity index (χ0) is 38.9. The van der Waals surface area contributed by atoms with E-state index in [0.717, 1.165) is 83.5 Å². The Hall–Kier alpha value is -3.57. The SMILES string of the molecule is CCC(C)(C)C(=O)C(=O)N1CCC[C@H]1C(=S)OCCCCc1ccccc1.O=C(C(=O)N1CCC[C@H]1C(=S)OCCCc1cccnc1)C1CCCCC1. The molecule has 2 aliphatic heterocycles. The molecule has 2 atom stereocenters. The number of aromatic nitrogens is 1. The summed E-state index contributed by atoms with van der Waals surface area (Å²) >= 11 is 10.9. The maximum atomic E-state index is 12.7. The molecule has 2 aromatic rings. The number of ether oxygens (including phenoxy) is 2. The van der Waals surface area contributed by atoms with Gasteiger partial charge in [-0.05, 0) is 119 Å². The Morgan fingerprint density at radius 3 is 1.89 bits per heavy atom. The van der Waals surface area contributed by atoms with Crippen LogP contribution in [0, 0.1) is 11.3 Å². The van der Waals surface area contributed by atoms with Crippen molar-refractivity contribution in [2.75, 3.05) is 26.3 Å². The van der Waals surface area contributed by atoms with Gasteiger partial charge in [0, 0.05) is 36.8 Å². The number of unbranched alkanes of at least 4 members (excludes halogenated alkanes) is 1. The lowest BCUT2D eigenvalue weighted by Gasteiger charge is -2.28. The Morgan fingerprint density at radius 2 is 1.30 bits per heavy atom. The summed E-state index contributed by atoms with van der Waals surface area (Å²) in [6.45, 7) is 7.81. The fourth-order valence-corrected chi connectivity index (χ4v) is 7.86. The number of ketones is 2. The van der Waals surface area contributed by atoms with Gasteiger partial charge in [0.05, 0.1) is 13.2 Å². The van der Waals surface area contributed by atoms with Crippen LogP contribution >= 0.6 is 24.4 Å². The fraction of sp³-hybridized carbons (Fsp3) is 0.605. The summed E-state index contributed by atoms with van der Waals surface area (Å²) in [5.41, 5.74) is 1.86. The van der Waals surface area contributed by atoms with E-state index < -0.39 is 11.3 Å². The maximum absolute atomic E-state index is 12.7. The number of hydrogen-bond acceptors (Lipinski definition) is 9. The summed E-state index contributed by atoms with van der Waals surface area (Å²) in [6.07, 6.45) is 17.2. The van der Waals surface area contributed by atoms with Crippen LogP contribution in [0.4, 0.5) is 0 Å². The summed E-state index contributed by atoms with van der Waals surface area (Å²) in [6, 6.07) is 13.8. The van der Waals surface area contributed by atoms with Crippen molar-refractivity contribution < 1.29 is 28.7 Å². The topological polar surface area (TPSA) is 106 Å². The molecule has 5 rings (SSSR count). The standard InChI is InChI=1S/C22H31NO3S.C21H28N2O3S/c1-4-22(2,3)19(24)20(25)23-15-10-14-18(23)21(27)26-16-9-8-13-17-11-6-5-7-12-17;24-19(17-9-2-1-3-10-17)20(25)23-13-5-11-18(23)21(27)26-14-6-8-16-7-4-12-22-15-16/h5-7,11-12,18H,4,8-10,13-16H2,1-3H3;4,7,12,15,17-18H,1-3,5-6,8-11,13-14H2/t2*18-/m00/s1. The fourth-order valence-electron chi connectivity index (χ4n) is 7.21. The van der Waals surface area contributed by atoms with Crippen LogP contribution in [-0.4, -0.2) is 86.7 Å². The highest BCUT2D eigenvalue weighted by Crippen LogP contribution is 2.28. The van der Waals surface area contributed by atoms with Gasteiger partial charge in [-0.1, -0.05) is 76.4 Å². The second-order valence-electron chi connectivity index (χ2n) is 15.3. The summed E-state index contributed by atoms with van der Waals surface area (Å²) in [5, 5.41) is 0.895. The molecule has 0 radical (unpaired) electrons. The Balaban J connectivity index is 0.000000241. The van der Waals surface area contributed by atoms with Crippen molar-refractivity contribution in [1.82, 2.24) is 14.8 Å². The summed E-state index contributed by atoms with van der Waals surface area (Å²) < 4.78 is 11.5. The molecule has 1 aliphatic carbocycles.